The van der Waals surface area contributed by atoms with Crippen molar-refractivity contribution in [2.45, 2.75) is 25.9 Å². The number of aromatic nitrogens is 2. The fourth-order valence-electron chi connectivity index (χ4n) is 2.03. The van der Waals surface area contributed by atoms with Gasteiger partial charge in [0, 0.05) is 25.0 Å². The third-order valence-electron chi connectivity index (χ3n) is 3.47. The van der Waals surface area contributed by atoms with Crippen LogP contribution < -0.4 is 10.1 Å². The Bertz CT molecular complexity index is 589. The minimum atomic E-state index is 0.280. The van der Waals surface area contributed by atoms with Crippen molar-refractivity contribution < 1.29 is 4.74 Å². The molecule has 0 saturated carbocycles. The van der Waals surface area contributed by atoms with Gasteiger partial charge < -0.3 is 10.1 Å². The van der Waals surface area contributed by atoms with Crippen molar-refractivity contribution in [3.63, 3.8) is 0 Å². The van der Waals surface area contributed by atoms with Crippen LogP contribution in [0.4, 0.5) is 0 Å². The van der Waals surface area contributed by atoms with E-state index < -0.39 is 0 Å². The standard InChI is InChI=1S/C16H20N4O/c1-13(14(2)20-9-4-7-19-20)18-8-10-21-16-6-3-5-15(11-16)12-17/h3-7,9,11,13-14,18H,8,10H2,1-2H3/t13-,14-/m1/s1. The molecule has 110 valence electrons. The molecule has 0 aliphatic rings. The molecule has 5 heteroatoms. The van der Waals surface area contributed by atoms with Crippen LogP contribution in [0.1, 0.15) is 25.5 Å². The summed E-state index contributed by atoms with van der Waals surface area (Å²) in [7, 11) is 0. The first kappa shape index (κ1) is 15.1. The van der Waals surface area contributed by atoms with E-state index in [0.717, 1.165) is 12.3 Å². The highest BCUT2D eigenvalue weighted by molar-refractivity contribution is 5.36. The minimum Gasteiger partial charge on any atom is -0.492 e. The average molecular weight is 284 g/mol. The van der Waals surface area contributed by atoms with Crippen molar-refractivity contribution in [3.05, 3.63) is 48.3 Å². The van der Waals surface area contributed by atoms with Crippen molar-refractivity contribution in [2.75, 3.05) is 13.2 Å². The molecule has 2 atom stereocenters. The first-order valence-electron chi connectivity index (χ1n) is 7.06. The fourth-order valence-corrected chi connectivity index (χ4v) is 2.03. The molecule has 0 fully saturated rings. The number of rotatable bonds is 7. The highest BCUT2D eigenvalue weighted by Gasteiger charge is 2.13. The molecular weight excluding hydrogens is 264 g/mol. The molecule has 0 radical (unpaired) electrons. The predicted octanol–water partition coefficient (Wildman–Crippen LogP) is 2.37. The summed E-state index contributed by atoms with van der Waals surface area (Å²) < 4.78 is 7.57. The summed E-state index contributed by atoms with van der Waals surface area (Å²) in [6, 6.07) is 11.8. The first-order valence-corrected chi connectivity index (χ1v) is 7.06. The van der Waals surface area contributed by atoms with Gasteiger partial charge in [0.1, 0.15) is 12.4 Å². The number of ether oxygens (including phenoxy) is 1. The Labute approximate surface area is 125 Å². The van der Waals surface area contributed by atoms with Crippen LogP contribution >= 0.6 is 0 Å². The molecule has 1 aromatic heterocycles. The van der Waals surface area contributed by atoms with Gasteiger partial charge in [-0.3, -0.25) is 4.68 Å². The number of nitrogens with one attached hydrogen (secondary N) is 1. The highest BCUT2D eigenvalue weighted by atomic mass is 16.5. The largest absolute Gasteiger partial charge is 0.492 e. The van der Waals surface area contributed by atoms with Crippen LogP contribution in [-0.4, -0.2) is 29.0 Å². The summed E-state index contributed by atoms with van der Waals surface area (Å²) in [5.41, 5.74) is 0.612. The average Bonchev–Trinajstić information content (AvgIpc) is 3.05. The molecule has 2 aromatic rings. The Morgan fingerprint density at radius 1 is 1.38 bits per heavy atom. The molecule has 2 rings (SSSR count). The fraction of sp³-hybridized carbons (Fsp3) is 0.375. The van der Waals surface area contributed by atoms with E-state index in [9.17, 15) is 0 Å². The lowest BCUT2D eigenvalue weighted by atomic mass is 10.2. The van der Waals surface area contributed by atoms with E-state index in [1.807, 2.05) is 29.1 Å². The second kappa shape index (κ2) is 7.46. The Kier molecular flexibility index (Phi) is 5.35. The smallest absolute Gasteiger partial charge is 0.120 e. The zero-order valence-electron chi connectivity index (χ0n) is 12.4. The molecule has 0 unspecified atom stereocenters. The van der Waals surface area contributed by atoms with Crippen LogP contribution in [0, 0.1) is 11.3 Å². The van der Waals surface area contributed by atoms with E-state index in [2.05, 4.69) is 30.3 Å². The third-order valence-corrected chi connectivity index (χ3v) is 3.47. The maximum absolute atomic E-state index is 8.83. The van der Waals surface area contributed by atoms with E-state index in [-0.39, 0.29) is 6.04 Å². The topological polar surface area (TPSA) is 62.9 Å². The molecule has 5 nitrogen and oxygen atoms in total. The quantitative estimate of drug-likeness (QED) is 0.793. The van der Waals surface area contributed by atoms with Gasteiger partial charge in [0.05, 0.1) is 17.7 Å². The molecule has 0 aliphatic carbocycles. The SMILES string of the molecule is C[C@H]([C@@H](C)NCCOc1cccc(C#N)c1)n1cccn1. The molecule has 0 spiro atoms. The Morgan fingerprint density at radius 2 is 2.24 bits per heavy atom. The maximum Gasteiger partial charge on any atom is 0.120 e. The number of nitrogens with zero attached hydrogens (tertiary/aromatic N) is 3. The normalized spacial score (nSPS) is 13.4. The lowest BCUT2D eigenvalue weighted by Gasteiger charge is -2.21. The van der Waals surface area contributed by atoms with E-state index in [1.54, 1.807) is 18.3 Å². The molecule has 1 N–H and O–H groups in total. The van der Waals surface area contributed by atoms with E-state index in [1.165, 1.54) is 0 Å². The first-order chi connectivity index (χ1) is 10.2. The predicted molar refractivity (Wildman–Crippen MR) is 81.1 cm³/mol. The van der Waals surface area contributed by atoms with Gasteiger partial charge >= 0.3 is 0 Å². The van der Waals surface area contributed by atoms with Crippen molar-refractivity contribution in [2.24, 2.45) is 0 Å². The summed E-state index contributed by atoms with van der Waals surface area (Å²) in [5, 5.41) is 16.5. The minimum absolute atomic E-state index is 0.280. The van der Waals surface area contributed by atoms with Crippen LogP contribution in [-0.2, 0) is 0 Å². The number of benzene rings is 1. The number of hydrogen-bond donors (Lipinski definition) is 1. The molecule has 0 bridgehead atoms. The second-order valence-electron chi connectivity index (χ2n) is 4.96. The molecule has 1 heterocycles. The monoisotopic (exact) mass is 284 g/mol. The van der Waals surface area contributed by atoms with E-state index in [4.69, 9.17) is 10.00 Å². The van der Waals surface area contributed by atoms with Gasteiger partial charge in [0.2, 0.25) is 0 Å². The molecule has 1 aromatic carbocycles. The van der Waals surface area contributed by atoms with Gasteiger partial charge in [-0.15, -0.1) is 0 Å². The zero-order valence-corrected chi connectivity index (χ0v) is 12.4. The lowest BCUT2D eigenvalue weighted by molar-refractivity contribution is 0.289. The number of nitriles is 1. The third kappa shape index (κ3) is 4.33. The molecule has 0 saturated heterocycles. The Morgan fingerprint density at radius 3 is 2.95 bits per heavy atom. The summed E-state index contributed by atoms with van der Waals surface area (Å²) in [6.45, 7) is 5.55. The van der Waals surface area contributed by atoms with Gasteiger partial charge in [-0.05, 0) is 38.1 Å². The molecule has 0 amide bonds. The van der Waals surface area contributed by atoms with Crippen LogP contribution in [0.15, 0.2) is 42.7 Å². The van der Waals surface area contributed by atoms with Crippen molar-refractivity contribution in [3.8, 4) is 11.8 Å². The summed E-state index contributed by atoms with van der Waals surface area (Å²) in [5.74, 6) is 0.726. The van der Waals surface area contributed by atoms with Gasteiger partial charge in [0.15, 0.2) is 0 Å². The molecular formula is C16H20N4O. The van der Waals surface area contributed by atoms with E-state index >= 15 is 0 Å². The van der Waals surface area contributed by atoms with Crippen LogP contribution in [0.2, 0.25) is 0 Å². The van der Waals surface area contributed by atoms with Crippen LogP contribution in [0.3, 0.4) is 0 Å². The lowest BCUT2D eigenvalue weighted by Crippen LogP contribution is -2.36. The zero-order chi connectivity index (χ0) is 15.1. The van der Waals surface area contributed by atoms with Gasteiger partial charge in [0.25, 0.3) is 0 Å². The number of hydrogen-bond acceptors (Lipinski definition) is 4. The Hall–Kier alpha value is -2.32. The van der Waals surface area contributed by atoms with Crippen LogP contribution in [0.5, 0.6) is 5.75 Å². The van der Waals surface area contributed by atoms with Crippen LogP contribution in [0.25, 0.3) is 0 Å². The van der Waals surface area contributed by atoms with E-state index in [0.29, 0.717) is 18.2 Å². The van der Waals surface area contributed by atoms with Gasteiger partial charge in [-0.2, -0.15) is 10.4 Å². The second-order valence-corrected chi connectivity index (χ2v) is 4.96. The van der Waals surface area contributed by atoms with Gasteiger partial charge in [-0.25, -0.2) is 0 Å². The highest BCUT2D eigenvalue weighted by Crippen LogP contribution is 2.12. The summed E-state index contributed by atoms with van der Waals surface area (Å²) in [6.07, 6.45) is 3.75. The Balaban J connectivity index is 1.73. The van der Waals surface area contributed by atoms with Crippen molar-refractivity contribution >= 4 is 0 Å². The maximum atomic E-state index is 8.83. The van der Waals surface area contributed by atoms with Crippen molar-refractivity contribution in [1.82, 2.24) is 15.1 Å². The van der Waals surface area contributed by atoms with Gasteiger partial charge in [-0.1, -0.05) is 6.07 Å². The summed E-state index contributed by atoms with van der Waals surface area (Å²) in [4.78, 5) is 0. The molecule has 21 heavy (non-hydrogen) atoms. The molecule has 0 aliphatic heterocycles. The summed E-state index contributed by atoms with van der Waals surface area (Å²) >= 11 is 0. The van der Waals surface area contributed by atoms with Crippen molar-refractivity contribution in [1.29, 1.82) is 5.26 Å².